The fourth-order valence-electron chi connectivity index (χ4n) is 6.11. The van der Waals surface area contributed by atoms with Crippen molar-refractivity contribution in [2.24, 2.45) is 0 Å². The van der Waals surface area contributed by atoms with Crippen molar-refractivity contribution in [1.82, 2.24) is 4.90 Å². The van der Waals surface area contributed by atoms with Crippen molar-refractivity contribution in [2.75, 3.05) is 0 Å². The molecule has 2 aliphatic rings. The van der Waals surface area contributed by atoms with Crippen LogP contribution >= 0.6 is 0 Å². The molecule has 0 aromatic heterocycles. The molecule has 0 N–H and O–H groups in total. The summed E-state index contributed by atoms with van der Waals surface area (Å²) < 4.78 is 0. The highest BCUT2D eigenvalue weighted by molar-refractivity contribution is 6.38. The Morgan fingerprint density at radius 2 is 1.13 bits per heavy atom. The summed E-state index contributed by atoms with van der Waals surface area (Å²) in [4.78, 5) is 28.7. The van der Waals surface area contributed by atoms with E-state index in [1.807, 2.05) is 12.1 Å². The van der Waals surface area contributed by atoms with Gasteiger partial charge in [0.05, 0.1) is 0 Å². The number of hydrogen-bond acceptors (Lipinski definition) is 2. The van der Waals surface area contributed by atoms with Crippen LogP contribution in [0.15, 0.2) is 60.7 Å². The summed E-state index contributed by atoms with van der Waals surface area (Å²) in [7, 11) is 0. The molecular formula is C28H21NO2. The zero-order valence-electron chi connectivity index (χ0n) is 17.2. The van der Waals surface area contributed by atoms with Crippen LogP contribution in [0.5, 0.6) is 0 Å². The molecule has 0 saturated heterocycles. The molecule has 2 amide bonds. The highest BCUT2D eigenvalue weighted by atomic mass is 16.2. The molecule has 0 spiro atoms. The van der Waals surface area contributed by atoms with Gasteiger partial charge in [-0.25, -0.2) is 0 Å². The molecule has 7 rings (SSSR count). The minimum atomic E-state index is -0.120. The third kappa shape index (κ3) is 2.13. The van der Waals surface area contributed by atoms with Gasteiger partial charge in [0.1, 0.15) is 0 Å². The first kappa shape index (κ1) is 17.2. The fourth-order valence-corrected chi connectivity index (χ4v) is 6.11. The Morgan fingerprint density at radius 1 is 0.581 bits per heavy atom. The van der Waals surface area contributed by atoms with Gasteiger partial charge in [-0.1, -0.05) is 67.8 Å². The molecule has 0 bridgehead atoms. The molecule has 1 heterocycles. The van der Waals surface area contributed by atoms with Gasteiger partial charge in [0.2, 0.25) is 0 Å². The minimum Gasteiger partial charge on any atom is -0.271 e. The maximum absolute atomic E-state index is 13.6. The highest BCUT2D eigenvalue weighted by Crippen LogP contribution is 2.44. The summed E-state index contributed by atoms with van der Waals surface area (Å²) >= 11 is 0. The van der Waals surface area contributed by atoms with Crippen molar-refractivity contribution in [3.8, 4) is 0 Å². The number of fused-ring (bicyclic) bond motifs is 2. The lowest BCUT2D eigenvalue weighted by Crippen LogP contribution is -2.47. The number of benzene rings is 5. The quantitative estimate of drug-likeness (QED) is 0.178. The minimum absolute atomic E-state index is 0.0266. The van der Waals surface area contributed by atoms with E-state index >= 15 is 0 Å². The van der Waals surface area contributed by atoms with Crippen LogP contribution < -0.4 is 0 Å². The molecule has 3 heteroatoms. The summed E-state index contributed by atoms with van der Waals surface area (Å²) in [5, 5.41) is 8.94. The second-order valence-corrected chi connectivity index (χ2v) is 9.05. The van der Waals surface area contributed by atoms with Gasteiger partial charge < -0.3 is 0 Å². The number of rotatable bonds is 1. The maximum atomic E-state index is 13.6. The predicted octanol–water partition coefficient (Wildman–Crippen LogP) is 6.67. The summed E-state index contributed by atoms with van der Waals surface area (Å²) in [6.45, 7) is 0. The Labute approximate surface area is 179 Å². The number of imide groups is 1. The van der Waals surface area contributed by atoms with Crippen molar-refractivity contribution < 1.29 is 9.59 Å². The molecule has 1 fully saturated rings. The fraction of sp³-hybridized carbons (Fsp3) is 0.214. The first-order valence-electron chi connectivity index (χ1n) is 11.2. The van der Waals surface area contributed by atoms with Crippen molar-refractivity contribution >= 4 is 54.9 Å². The Kier molecular flexibility index (Phi) is 3.36. The van der Waals surface area contributed by atoms with Crippen LogP contribution in [0.4, 0.5) is 0 Å². The van der Waals surface area contributed by atoms with Gasteiger partial charge in [0.25, 0.3) is 11.8 Å². The number of carbonyl (C=O) groups excluding carboxylic acids is 2. The SMILES string of the molecule is O=C1c2ccc3c4cccc5cccc(c6ccc(c2c36)C(=O)N1C1CCCCC1)c54. The molecule has 5 aromatic carbocycles. The normalized spacial score (nSPS) is 17.6. The third-order valence-corrected chi connectivity index (χ3v) is 7.48. The Bertz CT molecular complexity index is 1460. The summed E-state index contributed by atoms with van der Waals surface area (Å²) in [5.41, 5.74) is 1.35. The predicted molar refractivity (Wildman–Crippen MR) is 125 cm³/mol. The Balaban J connectivity index is 1.60. The van der Waals surface area contributed by atoms with E-state index in [2.05, 4.69) is 48.5 Å². The lowest BCUT2D eigenvalue weighted by molar-refractivity contribution is 0.0503. The molecule has 31 heavy (non-hydrogen) atoms. The van der Waals surface area contributed by atoms with Crippen molar-refractivity contribution in [1.29, 1.82) is 0 Å². The molecule has 1 aliphatic heterocycles. The smallest absolute Gasteiger partial charge is 0.261 e. The van der Waals surface area contributed by atoms with Crippen LogP contribution in [-0.2, 0) is 0 Å². The topological polar surface area (TPSA) is 37.4 Å². The van der Waals surface area contributed by atoms with Crippen molar-refractivity contribution in [3.63, 3.8) is 0 Å². The largest absolute Gasteiger partial charge is 0.271 e. The van der Waals surface area contributed by atoms with Gasteiger partial charge in [0.15, 0.2) is 0 Å². The van der Waals surface area contributed by atoms with E-state index in [1.54, 1.807) is 4.90 Å². The van der Waals surface area contributed by atoms with Gasteiger partial charge in [-0.3, -0.25) is 14.5 Å². The molecular weight excluding hydrogens is 382 g/mol. The maximum Gasteiger partial charge on any atom is 0.261 e. The Morgan fingerprint density at radius 3 is 1.71 bits per heavy atom. The van der Waals surface area contributed by atoms with Gasteiger partial charge in [-0.2, -0.15) is 0 Å². The number of hydrogen-bond donors (Lipinski definition) is 0. The van der Waals surface area contributed by atoms with E-state index in [-0.39, 0.29) is 17.9 Å². The summed E-state index contributed by atoms with van der Waals surface area (Å²) in [6, 6.07) is 20.9. The van der Waals surface area contributed by atoms with Crippen LogP contribution in [0.2, 0.25) is 0 Å². The van der Waals surface area contributed by atoms with Gasteiger partial charge >= 0.3 is 0 Å². The number of amides is 2. The molecule has 150 valence electrons. The Hall–Kier alpha value is -3.46. The van der Waals surface area contributed by atoms with Crippen LogP contribution in [0.25, 0.3) is 43.1 Å². The van der Waals surface area contributed by atoms with E-state index in [0.717, 1.165) is 47.2 Å². The van der Waals surface area contributed by atoms with Crippen LogP contribution in [0.3, 0.4) is 0 Å². The zero-order chi connectivity index (χ0) is 20.7. The molecule has 3 nitrogen and oxygen atoms in total. The molecule has 5 aromatic rings. The van der Waals surface area contributed by atoms with Crippen LogP contribution in [0.1, 0.15) is 52.8 Å². The van der Waals surface area contributed by atoms with Crippen LogP contribution in [-0.4, -0.2) is 22.8 Å². The number of nitrogens with zero attached hydrogens (tertiary/aromatic N) is 1. The van der Waals surface area contributed by atoms with E-state index in [0.29, 0.717) is 11.1 Å². The van der Waals surface area contributed by atoms with Crippen LogP contribution in [0, 0.1) is 0 Å². The monoisotopic (exact) mass is 403 g/mol. The molecule has 1 saturated carbocycles. The molecule has 0 atom stereocenters. The lowest BCUT2D eigenvalue weighted by atomic mass is 9.84. The molecule has 0 radical (unpaired) electrons. The summed E-state index contributed by atoms with van der Waals surface area (Å²) in [5.74, 6) is -0.240. The average molecular weight is 403 g/mol. The standard InChI is InChI=1S/C28H21NO2/c30-27-22-14-12-20-18-10-4-6-16-7-5-11-19(24(16)18)21-13-15-23(26(22)25(20)21)28(31)29(27)17-8-2-1-3-9-17/h4-7,10-15,17H,1-3,8-9H2. The first-order valence-corrected chi connectivity index (χ1v) is 11.2. The van der Waals surface area contributed by atoms with Crippen molar-refractivity contribution in [2.45, 2.75) is 38.1 Å². The number of carbonyl (C=O) groups is 2. The van der Waals surface area contributed by atoms with Gasteiger partial charge in [-0.05, 0) is 62.7 Å². The lowest BCUT2D eigenvalue weighted by Gasteiger charge is -2.36. The van der Waals surface area contributed by atoms with Gasteiger partial charge in [-0.15, -0.1) is 0 Å². The van der Waals surface area contributed by atoms with E-state index in [9.17, 15) is 9.59 Å². The second kappa shape index (κ2) is 6.04. The first-order chi connectivity index (χ1) is 15.2. The average Bonchev–Trinajstić information content (AvgIpc) is 2.82. The van der Waals surface area contributed by atoms with E-state index < -0.39 is 0 Å². The second-order valence-electron chi connectivity index (χ2n) is 9.05. The van der Waals surface area contributed by atoms with Gasteiger partial charge in [0, 0.05) is 22.6 Å². The zero-order valence-corrected chi connectivity index (χ0v) is 17.2. The molecule has 0 unspecified atom stereocenters. The molecule has 1 aliphatic carbocycles. The highest BCUT2D eigenvalue weighted by Gasteiger charge is 2.38. The van der Waals surface area contributed by atoms with E-state index in [1.165, 1.54) is 28.0 Å². The van der Waals surface area contributed by atoms with Crippen molar-refractivity contribution in [3.05, 3.63) is 71.8 Å². The summed E-state index contributed by atoms with van der Waals surface area (Å²) in [6.07, 6.45) is 5.20. The van der Waals surface area contributed by atoms with E-state index in [4.69, 9.17) is 0 Å². The third-order valence-electron chi connectivity index (χ3n) is 7.48.